The van der Waals surface area contributed by atoms with Gasteiger partial charge < -0.3 is 9.80 Å². The van der Waals surface area contributed by atoms with Crippen LogP contribution in [0.3, 0.4) is 0 Å². The van der Waals surface area contributed by atoms with Gasteiger partial charge in [-0.05, 0) is 31.2 Å². The average Bonchev–Trinajstić information content (AvgIpc) is 3.05. The molecule has 0 saturated heterocycles. The van der Waals surface area contributed by atoms with Crippen molar-refractivity contribution in [1.82, 2.24) is 4.98 Å². The Morgan fingerprint density at radius 2 is 1.83 bits per heavy atom. The number of hydrogen-bond acceptors (Lipinski definition) is 3. The maximum absolute atomic E-state index is 12.5. The van der Waals surface area contributed by atoms with Crippen LogP contribution in [0.25, 0.3) is 10.2 Å². The highest BCUT2D eigenvalue weighted by Crippen LogP contribution is 2.24. The van der Waals surface area contributed by atoms with Crippen molar-refractivity contribution >= 4 is 33.1 Å². The van der Waals surface area contributed by atoms with Crippen molar-refractivity contribution < 1.29 is 9.69 Å². The molecule has 0 aliphatic rings. The van der Waals surface area contributed by atoms with Gasteiger partial charge in [-0.15, -0.1) is 11.3 Å². The summed E-state index contributed by atoms with van der Waals surface area (Å²) in [6, 6.07) is 18.1. The number of amides is 1. The molecule has 0 spiro atoms. The van der Waals surface area contributed by atoms with Crippen LogP contribution >= 0.6 is 11.3 Å². The first kappa shape index (κ1) is 16.6. The van der Waals surface area contributed by atoms with Gasteiger partial charge in [0.25, 0.3) is 5.91 Å². The first-order valence-corrected chi connectivity index (χ1v) is 8.87. The van der Waals surface area contributed by atoms with Crippen molar-refractivity contribution in [3.05, 3.63) is 59.6 Å². The standard InChI is InChI=1S/C19H21N3OS/c1-14(19-20-16-11-7-8-12-17(16)24-19)21(2)13-18(23)22(3)15-9-5-4-6-10-15/h4-12,14H,13H2,1-3H3/p+1/t14-/m0/s1. The highest BCUT2D eigenvalue weighted by molar-refractivity contribution is 7.18. The van der Waals surface area contributed by atoms with Crippen molar-refractivity contribution in [2.45, 2.75) is 13.0 Å². The van der Waals surface area contributed by atoms with Crippen LogP contribution in [0.4, 0.5) is 5.69 Å². The molecule has 0 saturated carbocycles. The Balaban J connectivity index is 1.69. The molecule has 3 aromatic rings. The van der Waals surface area contributed by atoms with Crippen LogP contribution in [0.15, 0.2) is 54.6 Å². The van der Waals surface area contributed by atoms with E-state index in [1.54, 1.807) is 16.2 Å². The van der Waals surface area contributed by atoms with Gasteiger partial charge in [-0.3, -0.25) is 4.79 Å². The Bertz CT molecular complexity index is 798. The third-order valence-corrected chi connectivity index (χ3v) is 5.59. The summed E-state index contributed by atoms with van der Waals surface area (Å²) in [6.45, 7) is 2.56. The molecule has 3 rings (SSSR count). The minimum Gasteiger partial charge on any atom is -0.322 e. The second kappa shape index (κ2) is 7.11. The Hall–Kier alpha value is -2.24. The van der Waals surface area contributed by atoms with E-state index in [1.807, 2.05) is 62.6 Å². The van der Waals surface area contributed by atoms with Gasteiger partial charge in [-0.2, -0.15) is 0 Å². The van der Waals surface area contributed by atoms with Crippen LogP contribution in [0, 0.1) is 0 Å². The molecular weight excluding hydrogens is 318 g/mol. The normalized spacial score (nSPS) is 13.6. The number of benzene rings is 2. The van der Waals surface area contributed by atoms with Crippen LogP contribution in [0.5, 0.6) is 0 Å². The van der Waals surface area contributed by atoms with Crippen LogP contribution in [-0.2, 0) is 4.79 Å². The van der Waals surface area contributed by atoms with E-state index in [4.69, 9.17) is 4.98 Å². The number of likely N-dealkylation sites (N-methyl/N-ethyl adjacent to an activating group) is 2. The number of nitrogens with one attached hydrogen (secondary N) is 1. The predicted molar refractivity (Wildman–Crippen MR) is 99.6 cm³/mol. The fourth-order valence-corrected chi connectivity index (χ4v) is 3.70. The number of carbonyl (C=O) groups excluding carboxylic acids is 1. The summed E-state index contributed by atoms with van der Waals surface area (Å²) >= 11 is 1.71. The monoisotopic (exact) mass is 340 g/mol. The number of anilines is 1. The van der Waals surface area contributed by atoms with Crippen LogP contribution in [-0.4, -0.2) is 31.5 Å². The fraction of sp³-hybridized carbons (Fsp3) is 0.263. The fourth-order valence-electron chi connectivity index (χ4n) is 2.59. The summed E-state index contributed by atoms with van der Waals surface area (Å²) in [5.41, 5.74) is 1.95. The van der Waals surface area contributed by atoms with Crippen LogP contribution in [0.2, 0.25) is 0 Å². The maximum atomic E-state index is 12.5. The molecule has 1 aromatic heterocycles. The number of carbonyl (C=O) groups is 1. The molecule has 5 heteroatoms. The summed E-state index contributed by atoms with van der Waals surface area (Å²) in [7, 11) is 3.88. The lowest BCUT2D eigenvalue weighted by molar-refractivity contribution is -0.902. The summed E-state index contributed by atoms with van der Waals surface area (Å²) in [4.78, 5) is 20.1. The molecule has 1 amide bonds. The highest BCUT2D eigenvalue weighted by atomic mass is 32.1. The minimum atomic E-state index is 0.103. The van der Waals surface area contributed by atoms with E-state index < -0.39 is 0 Å². The second-order valence-electron chi connectivity index (χ2n) is 6.05. The van der Waals surface area contributed by atoms with E-state index in [9.17, 15) is 4.79 Å². The smallest absolute Gasteiger partial charge is 0.281 e. The summed E-state index contributed by atoms with van der Waals surface area (Å²) in [5.74, 6) is 0.103. The lowest BCUT2D eigenvalue weighted by atomic mass is 10.2. The number of fused-ring (bicyclic) bond motifs is 1. The van der Waals surface area contributed by atoms with Gasteiger partial charge >= 0.3 is 0 Å². The Morgan fingerprint density at radius 3 is 2.54 bits per heavy atom. The van der Waals surface area contributed by atoms with Gasteiger partial charge in [0.15, 0.2) is 11.6 Å². The van der Waals surface area contributed by atoms with E-state index in [2.05, 4.69) is 13.0 Å². The van der Waals surface area contributed by atoms with Crippen molar-refractivity contribution in [3.8, 4) is 0 Å². The molecule has 4 nitrogen and oxygen atoms in total. The molecule has 2 aromatic carbocycles. The topological polar surface area (TPSA) is 37.6 Å². The number of para-hydroxylation sites is 2. The average molecular weight is 340 g/mol. The third-order valence-electron chi connectivity index (χ3n) is 4.37. The molecule has 2 atom stereocenters. The van der Waals surface area contributed by atoms with Crippen molar-refractivity contribution in [2.75, 3.05) is 25.5 Å². The number of quaternary nitrogens is 1. The molecule has 1 unspecified atom stereocenters. The lowest BCUT2D eigenvalue weighted by Crippen LogP contribution is -3.10. The zero-order chi connectivity index (χ0) is 17.1. The first-order valence-electron chi connectivity index (χ1n) is 8.05. The quantitative estimate of drug-likeness (QED) is 0.775. The molecule has 1 heterocycles. The van der Waals surface area contributed by atoms with E-state index in [0.29, 0.717) is 6.54 Å². The molecule has 0 bridgehead atoms. The molecular formula is C19H22N3OS+. The second-order valence-corrected chi connectivity index (χ2v) is 7.12. The van der Waals surface area contributed by atoms with Crippen molar-refractivity contribution in [3.63, 3.8) is 0 Å². The number of thiazole rings is 1. The molecule has 0 aliphatic heterocycles. The lowest BCUT2D eigenvalue weighted by Gasteiger charge is -2.23. The van der Waals surface area contributed by atoms with E-state index in [0.717, 1.165) is 21.1 Å². The highest BCUT2D eigenvalue weighted by Gasteiger charge is 2.23. The largest absolute Gasteiger partial charge is 0.322 e. The maximum Gasteiger partial charge on any atom is 0.281 e. The van der Waals surface area contributed by atoms with Crippen molar-refractivity contribution in [2.24, 2.45) is 0 Å². The molecule has 24 heavy (non-hydrogen) atoms. The first-order chi connectivity index (χ1) is 11.6. The number of rotatable bonds is 5. The Morgan fingerprint density at radius 1 is 1.17 bits per heavy atom. The summed E-state index contributed by atoms with van der Waals surface area (Å²) in [6.07, 6.45) is 0. The molecule has 0 fully saturated rings. The van der Waals surface area contributed by atoms with Gasteiger partial charge in [-0.1, -0.05) is 30.3 Å². The van der Waals surface area contributed by atoms with Gasteiger partial charge in [0.05, 0.1) is 17.3 Å². The van der Waals surface area contributed by atoms with E-state index in [1.165, 1.54) is 4.70 Å². The number of nitrogens with zero attached hydrogens (tertiary/aromatic N) is 2. The predicted octanol–water partition coefficient (Wildman–Crippen LogP) is 2.54. The molecule has 0 aliphatic carbocycles. The summed E-state index contributed by atoms with van der Waals surface area (Å²) in [5, 5.41) is 1.07. The minimum absolute atomic E-state index is 0.103. The molecule has 0 radical (unpaired) electrons. The van der Waals surface area contributed by atoms with Crippen LogP contribution in [0.1, 0.15) is 18.0 Å². The number of aromatic nitrogens is 1. The summed E-state index contributed by atoms with van der Waals surface area (Å²) < 4.78 is 1.19. The van der Waals surface area contributed by atoms with Gasteiger partial charge in [0.1, 0.15) is 6.04 Å². The van der Waals surface area contributed by atoms with E-state index in [-0.39, 0.29) is 11.9 Å². The number of hydrogen-bond donors (Lipinski definition) is 1. The zero-order valence-corrected chi connectivity index (χ0v) is 15.0. The third kappa shape index (κ3) is 3.47. The van der Waals surface area contributed by atoms with Gasteiger partial charge in [0.2, 0.25) is 0 Å². The molecule has 124 valence electrons. The van der Waals surface area contributed by atoms with Crippen LogP contribution < -0.4 is 9.80 Å². The van der Waals surface area contributed by atoms with E-state index >= 15 is 0 Å². The SMILES string of the molecule is C[C@@H](c1nc2ccccc2s1)[NH+](C)CC(=O)N(C)c1ccccc1. The Labute approximate surface area is 146 Å². The Kier molecular flexibility index (Phi) is 4.92. The molecule has 1 N–H and O–H groups in total. The van der Waals surface area contributed by atoms with Gasteiger partial charge in [-0.25, -0.2) is 4.98 Å². The van der Waals surface area contributed by atoms with Gasteiger partial charge in [0, 0.05) is 12.7 Å². The zero-order valence-electron chi connectivity index (χ0n) is 14.2. The van der Waals surface area contributed by atoms with Crippen molar-refractivity contribution in [1.29, 1.82) is 0 Å².